The highest BCUT2D eigenvalue weighted by Gasteiger charge is 2.14. The number of para-hydroxylation sites is 1. The van der Waals surface area contributed by atoms with E-state index < -0.39 is 0 Å². The summed E-state index contributed by atoms with van der Waals surface area (Å²) >= 11 is 6.56. The van der Waals surface area contributed by atoms with Gasteiger partial charge in [-0.15, -0.1) is 0 Å². The molecule has 1 aromatic heterocycles. The number of nitrogens with zero attached hydrogens (tertiary/aromatic N) is 1. The quantitative estimate of drug-likeness (QED) is 0.240. The Bertz CT molecular complexity index is 1260. The summed E-state index contributed by atoms with van der Waals surface area (Å²) in [7, 11) is 0. The summed E-state index contributed by atoms with van der Waals surface area (Å²) in [6.45, 7) is 0. The van der Waals surface area contributed by atoms with E-state index in [0.29, 0.717) is 0 Å². The molecule has 1 nitrogen and oxygen atoms in total. The maximum absolute atomic E-state index is 6.56. The van der Waals surface area contributed by atoms with Crippen molar-refractivity contribution in [2.45, 2.75) is 0 Å². The molecule has 118 valence electrons. The summed E-state index contributed by atoms with van der Waals surface area (Å²) in [5, 5.41) is 5.37. The Hall–Kier alpha value is -2.90. The number of rotatable bonds is 1. The van der Waals surface area contributed by atoms with Crippen molar-refractivity contribution in [3.05, 3.63) is 90.0 Å². The van der Waals surface area contributed by atoms with Crippen LogP contribution < -0.4 is 0 Å². The van der Waals surface area contributed by atoms with Crippen LogP contribution >= 0.6 is 11.6 Å². The van der Waals surface area contributed by atoms with E-state index in [-0.39, 0.29) is 0 Å². The van der Waals surface area contributed by atoms with Gasteiger partial charge in [-0.1, -0.05) is 84.4 Å². The monoisotopic (exact) mass is 339 g/mol. The Labute approximate surface area is 150 Å². The molecule has 0 saturated heterocycles. The molecule has 4 aromatic carbocycles. The molecule has 5 aromatic rings. The van der Waals surface area contributed by atoms with Gasteiger partial charge in [-0.2, -0.15) is 0 Å². The van der Waals surface area contributed by atoms with Gasteiger partial charge in [-0.3, -0.25) is 0 Å². The van der Waals surface area contributed by atoms with Crippen molar-refractivity contribution < 1.29 is 0 Å². The SMILES string of the molecule is Clc1ccccc1-c1c2ccccc2nc2c1ccc1ccccc12. The van der Waals surface area contributed by atoms with Gasteiger partial charge in [0.05, 0.1) is 11.0 Å². The summed E-state index contributed by atoms with van der Waals surface area (Å²) < 4.78 is 0. The number of hydrogen-bond donors (Lipinski definition) is 0. The molecule has 0 radical (unpaired) electrons. The molecule has 2 heteroatoms. The lowest BCUT2D eigenvalue weighted by atomic mass is 9.94. The Morgan fingerprint density at radius 2 is 1.32 bits per heavy atom. The number of hydrogen-bond acceptors (Lipinski definition) is 1. The van der Waals surface area contributed by atoms with Gasteiger partial charge in [0, 0.05) is 32.3 Å². The van der Waals surface area contributed by atoms with Gasteiger partial charge in [0.15, 0.2) is 0 Å². The summed E-state index contributed by atoms with van der Waals surface area (Å²) in [5.41, 5.74) is 4.20. The largest absolute Gasteiger partial charge is 0.247 e. The minimum absolute atomic E-state index is 0.758. The van der Waals surface area contributed by atoms with Crippen LogP contribution in [-0.2, 0) is 0 Å². The fourth-order valence-corrected chi connectivity index (χ4v) is 3.81. The molecule has 1 heterocycles. The molecule has 0 amide bonds. The zero-order valence-corrected chi connectivity index (χ0v) is 14.2. The third-order valence-electron chi connectivity index (χ3n) is 4.72. The number of benzene rings is 4. The molecule has 0 aliphatic carbocycles. The summed E-state index contributed by atoms with van der Waals surface area (Å²) in [5.74, 6) is 0. The lowest BCUT2D eigenvalue weighted by molar-refractivity contribution is 1.51. The van der Waals surface area contributed by atoms with Crippen LogP contribution in [0.2, 0.25) is 5.02 Å². The number of halogens is 1. The second-order valence-corrected chi connectivity index (χ2v) is 6.57. The molecule has 0 saturated carbocycles. The van der Waals surface area contributed by atoms with Crippen LogP contribution in [0.5, 0.6) is 0 Å². The zero-order chi connectivity index (χ0) is 16.8. The summed E-state index contributed by atoms with van der Waals surface area (Å²) in [6, 6.07) is 29.0. The second kappa shape index (κ2) is 5.58. The fraction of sp³-hybridized carbons (Fsp3) is 0. The van der Waals surface area contributed by atoms with Gasteiger partial charge in [-0.05, 0) is 17.5 Å². The third kappa shape index (κ3) is 2.20. The van der Waals surface area contributed by atoms with Crippen molar-refractivity contribution in [1.29, 1.82) is 0 Å². The van der Waals surface area contributed by atoms with Crippen molar-refractivity contribution in [2.24, 2.45) is 0 Å². The molecule has 0 aliphatic heterocycles. The smallest absolute Gasteiger partial charge is 0.0794 e. The van der Waals surface area contributed by atoms with Crippen molar-refractivity contribution in [2.75, 3.05) is 0 Å². The molecular weight excluding hydrogens is 326 g/mol. The first kappa shape index (κ1) is 14.4. The zero-order valence-electron chi connectivity index (χ0n) is 13.4. The van der Waals surface area contributed by atoms with Crippen molar-refractivity contribution >= 4 is 44.2 Å². The minimum atomic E-state index is 0.758. The molecule has 5 rings (SSSR count). The normalized spacial score (nSPS) is 11.4. The number of aromatic nitrogens is 1. The fourth-order valence-electron chi connectivity index (χ4n) is 3.58. The first-order valence-corrected chi connectivity index (χ1v) is 8.66. The highest BCUT2D eigenvalue weighted by molar-refractivity contribution is 6.34. The predicted molar refractivity (Wildman–Crippen MR) is 107 cm³/mol. The van der Waals surface area contributed by atoms with E-state index in [1.165, 1.54) is 10.8 Å². The Balaban J connectivity index is 2.06. The molecule has 0 unspecified atom stereocenters. The Morgan fingerprint density at radius 3 is 2.20 bits per heavy atom. The summed E-state index contributed by atoms with van der Waals surface area (Å²) in [4.78, 5) is 4.98. The average molecular weight is 340 g/mol. The van der Waals surface area contributed by atoms with Crippen LogP contribution in [0.15, 0.2) is 84.9 Å². The van der Waals surface area contributed by atoms with E-state index in [1.807, 2.05) is 24.3 Å². The van der Waals surface area contributed by atoms with E-state index in [2.05, 4.69) is 60.7 Å². The molecule has 0 aliphatic rings. The van der Waals surface area contributed by atoms with Crippen LogP contribution in [0.1, 0.15) is 0 Å². The molecule has 0 spiro atoms. The topological polar surface area (TPSA) is 12.9 Å². The van der Waals surface area contributed by atoms with Gasteiger partial charge >= 0.3 is 0 Å². The van der Waals surface area contributed by atoms with Crippen molar-refractivity contribution in [3.8, 4) is 11.1 Å². The van der Waals surface area contributed by atoms with Crippen LogP contribution in [0.3, 0.4) is 0 Å². The van der Waals surface area contributed by atoms with Crippen molar-refractivity contribution in [1.82, 2.24) is 4.98 Å². The molecule has 25 heavy (non-hydrogen) atoms. The maximum atomic E-state index is 6.56. The van der Waals surface area contributed by atoms with Crippen molar-refractivity contribution in [3.63, 3.8) is 0 Å². The Kier molecular flexibility index (Phi) is 3.22. The standard InChI is InChI=1S/C23H14ClN/c24-20-11-5-3-9-17(20)22-18-10-4-6-12-21(18)25-23-16-8-2-1-7-15(16)13-14-19(22)23/h1-14H. The molecule has 0 fully saturated rings. The second-order valence-electron chi connectivity index (χ2n) is 6.17. The molecule has 0 N–H and O–H groups in total. The molecule has 0 atom stereocenters. The maximum Gasteiger partial charge on any atom is 0.0794 e. The molecular formula is C23H14ClN. The highest BCUT2D eigenvalue weighted by Crippen LogP contribution is 2.39. The predicted octanol–water partition coefficient (Wildman–Crippen LogP) is 6.86. The number of pyridine rings is 1. The average Bonchev–Trinajstić information content (AvgIpc) is 2.67. The van der Waals surface area contributed by atoms with E-state index in [0.717, 1.165) is 38.0 Å². The third-order valence-corrected chi connectivity index (χ3v) is 5.05. The van der Waals surface area contributed by atoms with Gasteiger partial charge in [-0.25, -0.2) is 4.98 Å². The first-order chi connectivity index (χ1) is 12.3. The van der Waals surface area contributed by atoms with E-state index >= 15 is 0 Å². The van der Waals surface area contributed by atoms with E-state index in [9.17, 15) is 0 Å². The van der Waals surface area contributed by atoms with Gasteiger partial charge in [0.2, 0.25) is 0 Å². The van der Waals surface area contributed by atoms with E-state index in [4.69, 9.17) is 16.6 Å². The van der Waals surface area contributed by atoms with E-state index in [1.54, 1.807) is 0 Å². The lowest BCUT2D eigenvalue weighted by Crippen LogP contribution is -1.91. The van der Waals surface area contributed by atoms with Gasteiger partial charge < -0.3 is 0 Å². The van der Waals surface area contributed by atoms with Gasteiger partial charge in [0.25, 0.3) is 0 Å². The lowest BCUT2D eigenvalue weighted by Gasteiger charge is -2.14. The minimum Gasteiger partial charge on any atom is -0.247 e. The van der Waals surface area contributed by atoms with Crippen LogP contribution in [0.4, 0.5) is 0 Å². The number of fused-ring (bicyclic) bond motifs is 4. The van der Waals surface area contributed by atoms with Gasteiger partial charge in [0.1, 0.15) is 0 Å². The van der Waals surface area contributed by atoms with Crippen LogP contribution in [-0.4, -0.2) is 4.98 Å². The first-order valence-electron chi connectivity index (χ1n) is 8.28. The van der Waals surface area contributed by atoms with Crippen LogP contribution in [0.25, 0.3) is 43.7 Å². The Morgan fingerprint density at radius 1 is 0.600 bits per heavy atom. The molecule has 0 bridgehead atoms. The highest BCUT2D eigenvalue weighted by atomic mass is 35.5. The van der Waals surface area contributed by atoms with Crippen LogP contribution in [0, 0.1) is 0 Å². The summed E-state index contributed by atoms with van der Waals surface area (Å²) in [6.07, 6.45) is 0.